The molecule has 3 heterocycles. The molecule has 3 aliphatic rings. The van der Waals surface area contributed by atoms with Crippen molar-refractivity contribution in [2.75, 3.05) is 0 Å². The number of ether oxygens (including phenoxy) is 5. The maximum atomic E-state index is 12.8. The molecule has 0 bridgehead atoms. The molecular formula is C28H49O6Rb. The summed E-state index contributed by atoms with van der Waals surface area (Å²) >= 11 is 0. The SMILES string of the molecule is CCC1O[C@@H](O[C@@H]2C(C(C)=O)O[C@@H](O[C@@H]3C(CC)OC(C)[CH-][C@H]3C)C(C)[C@H]2C)C(C)[C@@H](C)[C@@H]1C.[Rb+]. The van der Waals surface area contributed by atoms with Crippen LogP contribution < -0.4 is 58.2 Å². The third kappa shape index (κ3) is 7.27. The Balaban J connectivity index is 0.00000432. The largest absolute Gasteiger partial charge is 1.00 e. The molecule has 0 saturated carbocycles. The van der Waals surface area contributed by atoms with E-state index in [-0.39, 0.29) is 124 Å². The number of hydrogen-bond acceptors (Lipinski definition) is 6. The van der Waals surface area contributed by atoms with Gasteiger partial charge in [0.1, 0.15) is 6.10 Å². The quantitative estimate of drug-likeness (QED) is 0.441. The Morgan fingerprint density at radius 3 is 1.83 bits per heavy atom. The summed E-state index contributed by atoms with van der Waals surface area (Å²) in [5, 5.41) is 0. The average Bonchev–Trinajstić information content (AvgIpc) is 2.79. The Labute approximate surface area is 263 Å². The van der Waals surface area contributed by atoms with E-state index in [1.54, 1.807) is 6.92 Å². The summed E-state index contributed by atoms with van der Waals surface area (Å²) in [6, 6.07) is 0. The fraction of sp³-hybridized carbons (Fsp3) is 0.929. The van der Waals surface area contributed by atoms with E-state index in [1.165, 1.54) is 0 Å². The topological polar surface area (TPSA) is 63.2 Å². The molecule has 3 rings (SSSR count). The van der Waals surface area contributed by atoms with Gasteiger partial charge >= 0.3 is 58.2 Å². The van der Waals surface area contributed by atoms with E-state index in [0.29, 0.717) is 11.8 Å². The molecule has 0 aromatic rings. The summed E-state index contributed by atoms with van der Waals surface area (Å²) in [5.74, 6) is 1.54. The predicted molar refractivity (Wildman–Crippen MR) is 132 cm³/mol. The van der Waals surface area contributed by atoms with E-state index in [0.717, 1.165) is 12.8 Å². The van der Waals surface area contributed by atoms with Crippen molar-refractivity contribution in [3.8, 4) is 0 Å². The van der Waals surface area contributed by atoms with Crippen molar-refractivity contribution in [3.05, 3.63) is 6.42 Å². The van der Waals surface area contributed by atoms with Gasteiger partial charge < -0.3 is 23.7 Å². The van der Waals surface area contributed by atoms with Crippen molar-refractivity contribution in [2.24, 2.45) is 35.5 Å². The maximum Gasteiger partial charge on any atom is 1.00 e. The molecule has 0 aromatic carbocycles. The van der Waals surface area contributed by atoms with Crippen LogP contribution in [-0.2, 0) is 28.5 Å². The first kappa shape index (κ1) is 32.5. The van der Waals surface area contributed by atoms with Gasteiger partial charge in [-0.2, -0.15) is 0 Å². The Bertz CT molecular complexity index is 674. The van der Waals surface area contributed by atoms with Gasteiger partial charge in [0, 0.05) is 11.8 Å². The van der Waals surface area contributed by atoms with E-state index >= 15 is 0 Å². The summed E-state index contributed by atoms with van der Waals surface area (Å²) in [4.78, 5) is 12.8. The predicted octanol–water partition coefficient (Wildman–Crippen LogP) is 2.43. The van der Waals surface area contributed by atoms with Gasteiger partial charge in [-0.1, -0.05) is 68.4 Å². The minimum atomic E-state index is -0.676. The Morgan fingerprint density at radius 1 is 0.714 bits per heavy atom. The van der Waals surface area contributed by atoms with E-state index in [1.807, 2.05) is 0 Å². The van der Waals surface area contributed by atoms with Gasteiger partial charge in [0.25, 0.3) is 0 Å². The van der Waals surface area contributed by atoms with Crippen molar-refractivity contribution in [1.82, 2.24) is 0 Å². The number of Topliss-reactive ketones (excluding diaryl/α,β-unsaturated/α-hetero) is 1. The first-order valence-corrected chi connectivity index (χ1v) is 13.6. The average molecular weight is 567 g/mol. The summed E-state index contributed by atoms with van der Waals surface area (Å²) in [5.41, 5.74) is 0. The molecule has 0 amide bonds. The van der Waals surface area contributed by atoms with E-state index < -0.39 is 12.4 Å². The van der Waals surface area contributed by atoms with Gasteiger partial charge in [0.15, 0.2) is 18.4 Å². The van der Waals surface area contributed by atoms with Crippen LogP contribution in [0.15, 0.2) is 0 Å². The van der Waals surface area contributed by atoms with E-state index in [2.05, 4.69) is 68.7 Å². The standard InChI is InChI=1S/C28H49O6.Rb/c1-11-22-17(6)16(5)19(8)27(31-22)33-25-18(7)20(9)28(34-26(25)21(10)29)32-24-14(3)13-15(4)30-23(24)12-2;/h13-20,22-28H,11-12H2,1-10H3;/q-1;+1/t14-,15?,16+,17+,18-,19?,20?,22?,23?,24+,25+,26?,27+,28-;/m1./s1. The fourth-order valence-corrected chi connectivity index (χ4v) is 6.08. The third-order valence-corrected chi connectivity index (χ3v) is 8.98. The molecule has 3 fully saturated rings. The van der Waals surface area contributed by atoms with Crippen LogP contribution in [-0.4, -0.2) is 55.0 Å². The normalized spacial score (nSPS) is 48.7. The zero-order valence-corrected chi connectivity index (χ0v) is 28.9. The minimum absolute atomic E-state index is 0. The molecule has 0 aliphatic carbocycles. The zero-order chi connectivity index (χ0) is 25.3. The first-order valence-electron chi connectivity index (χ1n) is 13.6. The third-order valence-electron chi connectivity index (χ3n) is 8.98. The monoisotopic (exact) mass is 566 g/mol. The Morgan fingerprint density at radius 2 is 1.26 bits per heavy atom. The van der Waals surface area contributed by atoms with Crippen molar-refractivity contribution >= 4 is 5.78 Å². The number of hydrogen-bond donors (Lipinski definition) is 0. The van der Waals surface area contributed by atoms with Gasteiger partial charge in [-0.3, -0.25) is 11.2 Å². The molecule has 198 valence electrons. The van der Waals surface area contributed by atoms with E-state index in [9.17, 15) is 4.79 Å². The van der Waals surface area contributed by atoms with Crippen LogP contribution in [0, 0.1) is 41.9 Å². The summed E-state index contributed by atoms with van der Waals surface area (Å²) in [7, 11) is 0. The Kier molecular flexibility index (Phi) is 13.1. The number of ketones is 1. The van der Waals surface area contributed by atoms with Crippen molar-refractivity contribution < 1.29 is 86.7 Å². The first-order chi connectivity index (χ1) is 16.0. The van der Waals surface area contributed by atoms with Crippen LogP contribution in [0.2, 0.25) is 0 Å². The molecule has 0 N–H and O–H groups in total. The molecule has 14 atom stereocenters. The van der Waals surface area contributed by atoms with Crippen LogP contribution in [0.3, 0.4) is 0 Å². The van der Waals surface area contributed by atoms with Gasteiger partial charge in [0.05, 0.1) is 24.4 Å². The van der Waals surface area contributed by atoms with Crippen molar-refractivity contribution in [1.29, 1.82) is 0 Å². The number of rotatable bonds is 7. The molecule has 35 heavy (non-hydrogen) atoms. The van der Waals surface area contributed by atoms with Gasteiger partial charge in [-0.05, 0) is 37.5 Å². The fourth-order valence-electron chi connectivity index (χ4n) is 6.08. The van der Waals surface area contributed by atoms with E-state index in [4.69, 9.17) is 23.7 Å². The smallest absolute Gasteiger partial charge is 0.404 e. The second-order valence-electron chi connectivity index (χ2n) is 11.3. The second kappa shape index (κ2) is 14.1. The number of carbonyl (C=O) groups is 1. The molecule has 3 aliphatic heterocycles. The van der Waals surface area contributed by atoms with Gasteiger partial charge in [-0.25, -0.2) is 0 Å². The minimum Gasteiger partial charge on any atom is -0.404 e. The van der Waals surface area contributed by atoms with Crippen LogP contribution >= 0.6 is 0 Å². The second-order valence-corrected chi connectivity index (χ2v) is 11.3. The molecule has 6 unspecified atom stereocenters. The van der Waals surface area contributed by atoms with Crippen LogP contribution in [0.5, 0.6) is 0 Å². The molecule has 0 spiro atoms. The van der Waals surface area contributed by atoms with Crippen molar-refractivity contribution in [3.63, 3.8) is 0 Å². The molecule has 0 radical (unpaired) electrons. The molecule has 3 saturated heterocycles. The molecule has 0 aromatic heterocycles. The van der Waals surface area contributed by atoms with Crippen LogP contribution in [0.25, 0.3) is 0 Å². The maximum absolute atomic E-state index is 12.8. The molecule has 6 nitrogen and oxygen atoms in total. The molecule has 7 heteroatoms. The summed E-state index contributed by atoms with van der Waals surface area (Å²) in [6.07, 6.45) is 2.33. The van der Waals surface area contributed by atoms with Gasteiger partial charge in [-0.15, -0.1) is 5.92 Å². The Hall–Kier alpha value is 1.28. The van der Waals surface area contributed by atoms with Crippen LogP contribution in [0.4, 0.5) is 0 Å². The summed E-state index contributed by atoms with van der Waals surface area (Å²) in [6.45, 7) is 21.1. The summed E-state index contributed by atoms with van der Waals surface area (Å²) < 4.78 is 32.1. The van der Waals surface area contributed by atoms with Crippen molar-refractivity contribution in [2.45, 2.75) is 131 Å². The van der Waals surface area contributed by atoms with Gasteiger partial charge in [0.2, 0.25) is 0 Å². The molecular weight excluding hydrogens is 518 g/mol. The number of carbonyl (C=O) groups excluding carboxylic acids is 1. The zero-order valence-electron chi connectivity index (χ0n) is 24.0. The van der Waals surface area contributed by atoms with Crippen LogP contribution in [0.1, 0.15) is 82.1 Å².